The fourth-order valence-electron chi connectivity index (χ4n) is 2.13. The summed E-state index contributed by atoms with van der Waals surface area (Å²) in [7, 11) is 0. The van der Waals surface area contributed by atoms with Crippen LogP contribution in [0.15, 0.2) is 28.9 Å². The Morgan fingerprint density at radius 2 is 2.10 bits per heavy atom. The van der Waals surface area contributed by atoms with E-state index in [1.54, 1.807) is 12.4 Å². The molecule has 2 aromatic rings. The van der Waals surface area contributed by atoms with Crippen LogP contribution in [0, 0.1) is 13.8 Å². The van der Waals surface area contributed by atoms with Gasteiger partial charge in [-0.1, -0.05) is 0 Å². The van der Waals surface area contributed by atoms with Gasteiger partial charge in [-0.2, -0.15) is 4.98 Å². The van der Waals surface area contributed by atoms with E-state index in [2.05, 4.69) is 15.3 Å². The van der Waals surface area contributed by atoms with Gasteiger partial charge >= 0.3 is 12.0 Å². The second kappa shape index (κ2) is 5.55. The molecular formula is C15H18N4O2. The molecule has 1 aliphatic carbocycles. The molecule has 2 heterocycles. The third kappa shape index (κ3) is 3.21. The van der Waals surface area contributed by atoms with Crippen molar-refractivity contribution >= 4 is 12.0 Å². The number of hydrogen-bond acceptors (Lipinski definition) is 4. The fourth-order valence-corrected chi connectivity index (χ4v) is 2.13. The molecule has 1 aliphatic rings. The van der Waals surface area contributed by atoms with Crippen molar-refractivity contribution in [1.82, 2.24) is 14.9 Å². The minimum Gasteiger partial charge on any atom is -0.428 e. The lowest BCUT2D eigenvalue weighted by molar-refractivity contribution is 0.205. The molecule has 0 unspecified atom stereocenters. The van der Waals surface area contributed by atoms with Gasteiger partial charge in [0.05, 0.1) is 5.69 Å². The maximum atomic E-state index is 12.4. The van der Waals surface area contributed by atoms with Gasteiger partial charge in [-0.15, -0.1) is 0 Å². The first kappa shape index (κ1) is 13.6. The average Bonchev–Trinajstić information content (AvgIpc) is 3.25. The molecule has 0 atom stereocenters. The van der Waals surface area contributed by atoms with Crippen LogP contribution >= 0.6 is 0 Å². The lowest BCUT2D eigenvalue weighted by atomic mass is 10.2. The number of nitrogens with zero attached hydrogens (tertiary/aromatic N) is 3. The van der Waals surface area contributed by atoms with E-state index in [1.807, 2.05) is 30.9 Å². The molecule has 3 rings (SSSR count). The number of aromatic nitrogens is 2. The first-order valence-electron chi connectivity index (χ1n) is 7.04. The molecule has 0 saturated heterocycles. The number of aryl methyl sites for hydroxylation is 2. The number of oxazole rings is 1. The Morgan fingerprint density at radius 1 is 1.38 bits per heavy atom. The zero-order valence-electron chi connectivity index (χ0n) is 12.2. The lowest BCUT2D eigenvalue weighted by Crippen LogP contribution is -2.36. The molecule has 110 valence electrons. The van der Waals surface area contributed by atoms with E-state index < -0.39 is 0 Å². The van der Waals surface area contributed by atoms with Crippen LogP contribution in [0.25, 0.3) is 0 Å². The second-order valence-electron chi connectivity index (χ2n) is 5.31. The van der Waals surface area contributed by atoms with Gasteiger partial charge in [-0.3, -0.25) is 10.3 Å². The Kier molecular flexibility index (Phi) is 3.60. The number of carbonyl (C=O) groups is 1. The fraction of sp³-hybridized carbons (Fsp3) is 0.400. The van der Waals surface area contributed by atoms with E-state index in [4.69, 9.17) is 4.42 Å². The molecule has 6 nitrogen and oxygen atoms in total. The van der Waals surface area contributed by atoms with Crippen LogP contribution in [0.5, 0.6) is 0 Å². The molecule has 2 aromatic heterocycles. The minimum atomic E-state index is -0.171. The maximum absolute atomic E-state index is 12.4. The van der Waals surface area contributed by atoms with Gasteiger partial charge in [-0.25, -0.2) is 4.79 Å². The van der Waals surface area contributed by atoms with E-state index in [1.165, 1.54) is 0 Å². The first-order valence-corrected chi connectivity index (χ1v) is 7.04. The molecule has 1 fully saturated rings. The van der Waals surface area contributed by atoms with E-state index in [0.717, 1.165) is 29.9 Å². The number of carbonyl (C=O) groups excluding carboxylic acids is 1. The van der Waals surface area contributed by atoms with Crippen LogP contribution in [0.1, 0.15) is 29.9 Å². The zero-order chi connectivity index (χ0) is 14.8. The standard InChI is InChI=1S/C15H18N4O2/c1-10-11(2)21-14(17-10)18-15(20)19(13-3-4-13)9-12-5-7-16-8-6-12/h5-8,13H,3-4,9H2,1-2H3,(H,17,18,20). The summed E-state index contributed by atoms with van der Waals surface area (Å²) in [4.78, 5) is 22.4. The first-order chi connectivity index (χ1) is 10.1. The van der Waals surface area contributed by atoms with Crippen molar-refractivity contribution in [2.24, 2.45) is 0 Å². The van der Waals surface area contributed by atoms with Gasteiger partial charge in [0.1, 0.15) is 5.76 Å². The molecule has 0 aliphatic heterocycles. The topological polar surface area (TPSA) is 71.3 Å². The molecule has 21 heavy (non-hydrogen) atoms. The highest BCUT2D eigenvalue weighted by molar-refractivity contribution is 5.87. The highest BCUT2D eigenvalue weighted by atomic mass is 16.4. The summed E-state index contributed by atoms with van der Waals surface area (Å²) in [5, 5.41) is 2.74. The number of pyridine rings is 1. The van der Waals surface area contributed by atoms with E-state index in [9.17, 15) is 4.79 Å². The van der Waals surface area contributed by atoms with E-state index in [-0.39, 0.29) is 12.0 Å². The number of amides is 2. The quantitative estimate of drug-likeness (QED) is 0.938. The molecule has 0 bridgehead atoms. The summed E-state index contributed by atoms with van der Waals surface area (Å²) in [5.74, 6) is 0.720. The van der Waals surface area contributed by atoms with Crippen LogP contribution in [0.2, 0.25) is 0 Å². The van der Waals surface area contributed by atoms with Crippen molar-refractivity contribution in [3.05, 3.63) is 41.5 Å². The molecular weight excluding hydrogens is 268 g/mol. The lowest BCUT2D eigenvalue weighted by Gasteiger charge is -2.21. The van der Waals surface area contributed by atoms with Gasteiger partial charge in [-0.05, 0) is 44.4 Å². The largest absolute Gasteiger partial charge is 0.428 e. The Hall–Kier alpha value is -2.37. The van der Waals surface area contributed by atoms with Crippen molar-refractivity contribution in [2.75, 3.05) is 5.32 Å². The van der Waals surface area contributed by atoms with Crippen molar-refractivity contribution < 1.29 is 9.21 Å². The SMILES string of the molecule is Cc1nc(NC(=O)N(Cc2ccncc2)C2CC2)oc1C. The van der Waals surface area contributed by atoms with Crippen LogP contribution in [-0.2, 0) is 6.54 Å². The Labute approximate surface area is 123 Å². The van der Waals surface area contributed by atoms with Crippen molar-refractivity contribution in [3.63, 3.8) is 0 Å². The molecule has 0 spiro atoms. The summed E-state index contributed by atoms with van der Waals surface area (Å²) < 4.78 is 5.41. The van der Waals surface area contributed by atoms with Crippen LogP contribution in [0.4, 0.5) is 10.8 Å². The third-order valence-corrected chi connectivity index (χ3v) is 3.59. The summed E-state index contributed by atoms with van der Waals surface area (Å²) >= 11 is 0. The van der Waals surface area contributed by atoms with Crippen LogP contribution in [-0.4, -0.2) is 26.9 Å². The van der Waals surface area contributed by atoms with Crippen LogP contribution < -0.4 is 5.32 Å². The second-order valence-corrected chi connectivity index (χ2v) is 5.31. The Balaban J connectivity index is 1.70. The number of rotatable bonds is 4. The summed E-state index contributed by atoms with van der Waals surface area (Å²) in [6, 6.07) is 4.23. The number of anilines is 1. The predicted molar refractivity (Wildman–Crippen MR) is 77.8 cm³/mol. The van der Waals surface area contributed by atoms with Crippen molar-refractivity contribution in [1.29, 1.82) is 0 Å². The average molecular weight is 286 g/mol. The maximum Gasteiger partial charge on any atom is 0.326 e. The van der Waals surface area contributed by atoms with E-state index >= 15 is 0 Å². The Morgan fingerprint density at radius 3 is 2.67 bits per heavy atom. The third-order valence-electron chi connectivity index (χ3n) is 3.59. The predicted octanol–water partition coefficient (Wildman–Crippen LogP) is 2.88. The van der Waals surface area contributed by atoms with Gasteiger partial charge in [0.25, 0.3) is 0 Å². The zero-order valence-corrected chi connectivity index (χ0v) is 12.2. The van der Waals surface area contributed by atoms with Crippen LogP contribution in [0.3, 0.4) is 0 Å². The van der Waals surface area contributed by atoms with Gasteiger partial charge < -0.3 is 9.32 Å². The molecule has 1 N–H and O–H groups in total. The summed E-state index contributed by atoms with van der Waals surface area (Å²) in [6.07, 6.45) is 5.56. The monoisotopic (exact) mass is 286 g/mol. The smallest absolute Gasteiger partial charge is 0.326 e. The Bertz CT molecular complexity index is 615. The number of nitrogens with one attached hydrogen (secondary N) is 1. The van der Waals surface area contributed by atoms with Gasteiger partial charge in [0, 0.05) is 25.0 Å². The van der Waals surface area contributed by atoms with Crippen molar-refractivity contribution in [3.8, 4) is 0 Å². The molecule has 2 amide bonds. The molecule has 6 heteroatoms. The normalized spacial score (nSPS) is 14.0. The van der Waals surface area contributed by atoms with Crippen molar-refractivity contribution in [2.45, 2.75) is 39.3 Å². The molecule has 1 saturated carbocycles. The molecule has 0 aromatic carbocycles. The number of hydrogen-bond donors (Lipinski definition) is 1. The highest BCUT2D eigenvalue weighted by Crippen LogP contribution is 2.29. The number of urea groups is 1. The van der Waals surface area contributed by atoms with Gasteiger partial charge in [0.15, 0.2) is 0 Å². The summed E-state index contributed by atoms with van der Waals surface area (Å²) in [5.41, 5.74) is 1.85. The highest BCUT2D eigenvalue weighted by Gasteiger charge is 2.33. The van der Waals surface area contributed by atoms with Gasteiger partial charge in [0.2, 0.25) is 0 Å². The molecule has 0 radical (unpaired) electrons. The minimum absolute atomic E-state index is 0.171. The summed E-state index contributed by atoms with van der Waals surface area (Å²) in [6.45, 7) is 4.25. The van der Waals surface area contributed by atoms with E-state index in [0.29, 0.717) is 12.6 Å².